The number of hydrogen-bond donors (Lipinski definition) is 2. The summed E-state index contributed by atoms with van der Waals surface area (Å²) in [5.41, 5.74) is 10.9. The summed E-state index contributed by atoms with van der Waals surface area (Å²) < 4.78 is 10.9. The number of benzene rings is 3. The van der Waals surface area contributed by atoms with Crippen molar-refractivity contribution in [3.05, 3.63) is 88.5 Å². The molecule has 10 heteroatoms. The number of anilines is 2. The Balaban J connectivity index is 1.18. The van der Waals surface area contributed by atoms with Gasteiger partial charge in [0.1, 0.15) is 18.2 Å². The number of aryl methyl sites for hydroxylation is 1. The van der Waals surface area contributed by atoms with E-state index >= 15 is 0 Å². The maximum atomic E-state index is 13.5. The second-order valence-corrected chi connectivity index (χ2v) is 11.2. The first-order chi connectivity index (χ1) is 20.9. The smallest absolute Gasteiger partial charge is 0.337 e. The molecule has 0 saturated carbocycles. The summed E-state index contributed by atoms with van der Waals surface area (Å²) in [7, 11) is 3.48. The van der Waals surface area contributed by atoms with Crippen LogP contribution in [0.2, 0.25) is 0 Å². The third-order valence-electron chi connectivity index (χ3n) is 8.25. The highest BCUT2D eigenvalue weighted by molar-refractivity contribution is 6.00. The second-order valence-electron chi connectivity index (χ2n) is 11.2. The lowest BCUT2D eigenvalue weighted by Gasteiger charge is -2.33. The van der Waals surface area contributed by atoms with Gasteiger partial charge >= 0.3 is 5.97 Å². The van der Waals surface area contributed by atoms with Gasteiger partial charge in [0.15, 0.2) is 0 Å². The predicted octanol–water partition coefficient (Wildman–Crippen LogP) is 4.14. The molecule has 6 rings (SSSR count). The summed E-state index contributed by atoms with van der Waals surface area (Å²) in [4.78, 5) is 38.9. The molecular formula is C33H36N6O4. The summed E-state index contributed by atoms with van der Waals surface area (Å²) >= 11 is 0. The Hall–Kier alpha value is -4.70. The van der Waals surface area contributed by atoms with Crippen LogP contribution in [0.4, 0.5) is 11.8 Å². The number of nitrogens with two attached hydrogens (primary N) is 1. The van der Waals surface area contributed by atoms with E-state index in [0.717, 1.165) is 67.8 Å². The number of nitrogens with one attached hydrogen (secondary N) is 1. The lowest BCUT2D eigenvalue weighted by atomic mass is 9.87. The van der Waals surface area contributed by atoms with E-state index in [0.29, 0.717) is 29.0 Å². The number of piperazine rings is 1. The van der Waals surface area contributed by atoms with Gasteiger partial charge in [-0.3, -0.25) is 4.79 Å². The number of rotatable bonds is 7. The normalized spacial score (nSPS) is 16.9. The molecule has 1 saturated heterocycles. The van der Waals surface area contributed by atoms with E-state index in [4.69, 9.17) is 15.2 Å². The summed E-state index contributed by atoms with van der Waals surface area (Å²) in [5.74, 6) is 1.17. The van der Waals surface area contributed by atoms with Crippen LogP contribution >= 0.6 is 0 Å². The third-order valence-corrected chi connectivity index (χ3v) is 8.25. The lowest BCUT2D eigenvalue weighted by molar-refractivity contribution is 0.0600. The predicted molar refractivity (Wildman–Crippen MR) is 165 cm³/mol. The largest absolute Gasteiger partial charge is 0.489 e. The SMILES string of the molecule is COC(=O)c1cccc(COc2ccc3c(c2)C(NC(=O)c2ccc4c(N5CCN(C)CC5)nc(N)nc4c2)CCC3)c1. The first-order valence-electron chi connectivity index (χ1n) is 14.6. The van der Waals surface area contributed by atoms with Crippen LogP contribution in [0.5, 0.6) is 5.75 Å². The molecular weight excluding hydrogens is 544 g/mol. The third kappa shape index (κ3) is 6.24. The van der Waals surface area contributed by atoms with Crippen LogP contribution in [0.15, 0.2) is 60.7 Å². The summed E-state index contributed by atoms with van der Waals surface area (Å²) in [6, 6.07) is 18.7. The van der Waals surface area contributed by atoms with Crippen LogP contribution < -0.4 is 20.7 Å². The molecule has 0 bridgehead atoms. The Labute approximate surface area is 250 Å². The summed E-state index contributed by atoms with van der Waals surface area (Å²) in [5, 5.41) is 4.13. The second kappa shape index (κ2) is 12.3. The van der Waals surface area contributed by atoms with Crippen LogP contribution in [-0.4, -0.2) is 67.1 Å². The van der Waals surface area contributed by atoms with Crippen molar-refractivity contribution in [2.45, 2.75) is 31.9 Å². The van der Waals surface area contributed by atoms with E-state index in [1.54, 1.807) is 18.2 Å². The Kier molecular flexibility index (Phi) is 8.11. The van der Waals surface area contributed by atoms with Crippen molar-refractivity contribution in [2.75, 3.05) is 51.0 Å². The zero-order valence-corrected chi connectivity index (χ0v) is 24.5. The van der Waals surface area contributed by atoms with Crippen molar-refractivity contribution in [3.63, 3.8) is 0 Å². The average Bonchev–Trinajstić information content (AvgIpc) is 3.03. The van der Waals surface area contributed by atoms with E-state index in [1.807, 2.05) is 36.4 Å². The van der Waals surface area contributed by atoms with Gasteiger partial charge in [-0.2, -0.15) is 4.98 Å². The number of nitrogens with zero attached hydrogens (tertiary/aromatic N) is 4. The molecule has 1 aliphatic carbocycles. The highest BCUT2D eigenvalue weighted by Gasteiger charge is 2.24. The van der Waals surface area contributed by atoms with Crippen molar-refractivity contribution >= 4 is 34.5 Å². The van der Waals surface area contributed by atoms with Gasteiger partial charge in [-0.1, -0.05) is 18.2 Å². The number of hydrogen-bond acceptors (Lipinski definition) is 9. The molecule has 0 spiro atoms. The van der Waals surface area contributed by atoms with Gasteiger partial charge in [0, 0.05) is 37.1 Å². The fraction of sp³-hybridized carbons (Fsp3) is 0.333. The van der Waals surface area contributed by atoms with Gasteiger partial charge in [0.05, 0.1) is 24.2 Å². The maximum absolute atomic E-state index is 13.5. The van der Waals surface area contributed by atoms with Crippen LogP contribution in [-0.2, 0) is 17.8 Å². The minimum absolute atomic E-state index is 0.144. The topological polar surface area (TPSA) is 123 Å². The van der Waals surface area contributed by atoms with Crippen LogP contribution in [0, 0.1) is 0 Å². The fourth-order valence-electron chi connectivity index (χ4n) is 5.86. The van der Waals surface area contributed by atoms with Crippen LogP contribution in [0.25, 0.3) is 10.9 Å². The number of carbonyl (C=O) groups excluding carboxylic acids is 2. The molecule has 0 radical (unpaired) electrons. The molecule has 43 heavy (non-hydrogen) atoms. The number of aromatic nitrogens is 2. The molecule has 1 amide bonds. The molecule has 1 fully saturated rings. The lowest BCUT2D eigenvalue weighted by Crippen LogP contribution is -2.45. The monoisotopic (exact) mass is 580 g/mol. The molecule has 2 heterocycles. The Morgan fingerprint density at radius 2 is 1.84 bits per heavy atom. The number of esters is 1. The first-order valence-corrected chi connectivity index (χ1v) is 14.6. The van der Waals surface area contributed by atoms with Crippen LogP contribution in [0.3, 0.4) is 0 Å². The van der Waals surface area contributed by atoms with Crippen molar-refractivity contribution in [1.82, 2.24) is 20.2 Å². The summed E-state index contributed by atoms with van der Waals surface area (Å²) in [6.45, 7) is 3.92. The number of methoxy groups -OCH3 is 1. The Morgan fingerprint density at radius 1 is 1.00 bits per heavy atom. The Morgan fingerprint density at radius 3 is 2.65 bits per heavy atom. The van der Waals surface area contributed by atoms with Crippen LogP contribution in [0.1, 0.15) is 56.3 Å². The fourth-order valence-corrected chi connectivity index (χ4v) is 5.86. The molecule has 1 aliphatic heterocycles. The molecule has 3 aromatic carbocycles. The number of likely N-dealkylation sites (N-methyl/N-ethyl adjacent to an activating group) is 1. The van der Waals surface area contributed by atoms with Gasteiger partial charge in [0.2, 0.25) is 5.95 Å². The van der Waals surface area contributed by atoms with E-state index < -0.39 is 0 Å². The molecule has 4 aromatic rings. The van der Waals surface area contributed by atoms with Gasteiger partial charge in [-0.25, -0.2) is 9.78 Å². The van der Waals surface area contributed by atoms with E-state index in [9.17, 15) is 9.59 Å². The molecule has 1 unspecified atom stereocenters. The van der Waals surface area contributed by atoms with E-state index in [1.165, 1.54) is 12.7 Å². The molecule has 3 N–H and O–H groups in total. The maximum Gasteiger partial charge on any atom is 0.337 e. The highest BCUT2D eigenvalue weighted by Crippen LogP contribution is 2.33. The number of nitrogen functional groups attached to an aromatic ring is 1. The van der Waals surface area contributed by atoms with Crippen molar-refractivity contribution in [2.24, 2.45) is 0 Å². The molecule has 10 nitrogen and oxygen atoms in total. The molecule has 1 aromatic heterocycles. The van der Waals surface area contributed by atoms with Gasteiger partial charge in [-0.15, -0.1) is 0 Å². The van der Waals surface area contributed by atoms with Gasteiger partial charge in [-0.05, 0) is 85.5 Å². The minimum atomic E-state index is -0.382. The Bertz CT molecular complexity index is 1670. The van der Waals surface area contributed by atoms with E-state index in [-0.39, 0.29) is 23.9 Å². The van der Waals surface area contributed by atoms with Gasteiger partial charge < -0.3 is 30.3 Å². The first kappa shape index (κ1) is 28.4. The zero-order valence-electron chi connectivity index (χ0n) is 24.5. The quantitative estimate of drug-likeness (QED) is 0.311. The number of amides is 1. The molecule has 222 valence electrons. The molecule has 2 aliphatic rings. The van der Waals surface area contributed by atoms with Crippen molar-refractivity contribution < 1.29 is 19.1 Å². The zero-order chi connectivity index (χ0) is 29.9. The number of ether oxygens (including phenoxy) is 2. The van der Waals surface area contributed by atoms with Crippen molar-refractivity contribution in [1.29, 1.82) is 0 Å². The minimum Gasteiger partial charge on any atom is -0.489 e. The molecule has 1 atom stereocenters. The van der Waals surface area contributed by atoms with Gasteiger partial charge in [0.25, 0.3) is 5.91 Å². The van der Waals surface area contributed by atoms with Crippen molar-refractivity contribution in [3.8, 4) is 5.75 Å². The highest BCUT2D eigenvalue weighted by atomic mass is 16.5. The number of fused-ring (bicyclic) bond motifs is 2. The number of carbonyl (C=O) groups is 2. The summed E-state index contributed by atoms with van der Waals surface area (Å²) in [6.07, 6.45) is 2.76. The standard InChI is InChI=1S/C33H36N6O4/c1-38-13-15-39(16-14-38)30-26-12-10-23(18-29(26)36-33(34)37-30)31(40)35-28-8-4-6-22-9-11-25(19-27(22)28)43-20-21-5-3-7-24(17-21)32(41)42-2/h3,5,7,9-12,17-19,28H,4,6,8,13-16,20H2,1-2H3,(H,35,40)(H2,34,36,37). The average molecular weight is 581 g/mol. The van der Waals surface area contributed by atoms with E-state index in [2.05, 4.69) is 38.2 Å².